The lowest BCUT2D eigenvalue weighted by Gasteiger charge is -2.37. The van der Waals surface area contributed by atoms with Gasteiger partial charge < -0.3 is 29.0 Å². The predicted molar refractivity (Wildman–Crippen MR) is 164 cm³/mol. The molecule has 1 N–H and O–H groups in total. The minimum Gasteiger partial charge on any atom is -0.462 e. The lowest BCUT2D eigenvalue weighted by Crippen LogP contribution is -2.41. The van der Waals surface area contributed by atoms with Crippen LogP contribution >= 0.6 is 0 Å². The SMILES string of the molecule is CCC[C@H]1C[C@@H](OC)C[C@H](C)C[C@H]2C[C@@H](OC(=O)/C=C\CCc3cccc(/C=C\CNC(=O)OC)c3)C[C@@H](CC(=O)O1)O2. The monoisotopic (exact) mass is 599 g/mol. The molecule has 2 bridgehead atoms. The van der Waals surface area contributed by atoms with E-state index in [2.05, 4.69) is 30.0 Å². The van der Waals surface area contributed by atoms with Crippen LogP contribution in [0.15, 0.2) is 42.5 Å². The number of carbonyl (C=O) groups excluding carboxylic acids is 3. The molecule has 2 heterocycles. The number of nitrogens with one attached hydrogen (secondary N) is 1. The molecule has 43 heavy (non-hydrogen) atoms. The van der Waals surface area contributed by atoms with E-state index in [1.54, 1.807) is 7.11 Å². The third-order valence-corrected chi connectivity index (χ3v) is 7.88. The summed E-state index contributed by atoms with van der Waals surface area (Å²) in [6.45, 7) is 4.67. The number of esters is 2. The summed E-state index contributed by atoms with van der Waals surface area (Å²) in [5.41, 5.74) is 2.17. The average Bonchev–Trinajstić information content (AvgIpc) is 2.96. The van der Waals surface area contributed by atoms with Crippen LogP contribution in [0, 0.1) is 5.92 Å². The zero-order valence-corrected chi connectivity index (χ0v) is 26.1. The van der Waals surface area contributed by atoms with E-state index in [-0.39, 0.29) is 48.9 Å². The fourth-order valence-corrected chi connectivity index (χ4v) is 5.88. The van der Waals surface area contributed by atoms with Crippen LogP contribution in [0.25, 0.3) is 6.08 Å². The third kappa shape index (κ3) is 12.9. The molecule has 0 aromatic heterocycles. The number of aryl methyl sites for hydroxylation is 1. The summed E-state index contributed by atoms with van der Waals surface area (Å²) in [4.78, 5) is 36.6. The first kappa shape index (κ1) is 34.3. The van der Waals surface area contributed by atoms with Gasteiger partial charge in [-0.2, -0.15) is 0 Å². The van der Waals surface area contributed by atoms with E-state index in [1.807, 2.05) is 36.4 Å². The Labute approximate surface area is 256 Å². The van der Waals surface area contributed by atoms with E-state index in [9.17, 15) is 14.4 Å². The van der Waals surface area contributed by atoms with Crippen LogP contribution in [0.1, 0.15) is 82.8 Å². The average molecular weight is 600 g/mol. The summed E-state index contributed by atoms with van der Waals surface area (Å²) >= 11 is 0. The number of benzene rings is 1. The van der Waals surface area contributed by atoms with Crippen LogP contribution in [0.5, 0.6) is 0 Å². The van der Waals surface area contributed by atoms with Crippen molar-refractivity contribution in [3.05, 3.63) is 53.6 Å². The molecule has 2 aliphatic heterocycles. The van der Waals surface area contributed by atoms with Gasteiger partial charge in [-0.3, -0.25) is 4.79 Å². The van der Waals surface area contributed by atoms with Crippen molar-refractivity contribution in [2.45, 2.75) is 109 Å². The number of rotatable bonds is 11. The first-order valence-electron chi connectivity index (χ1n) is 15.6. The zero-order valence-electron chi connectivity index (χ0n) is 26.1. The number of allylic oxidation sites excluding steroid dienone is 1. The molecular formula is C34H49NO8. The van der Waals surface area contributed by atoms with Crippen molar-refractivity contribution in [3.8, 4) is 0 Å². The number of methoxy groups -OCH3 is 2. The largest absolute Gasteiger partial charge is 0.462 e. The van der Waals surface area contributed by atoms with Crippen molar-refractivity contribution in [2.75, 3.05) is 20.8 Å². The number of ether oxygens (including phenoxy) is 5. The van der Waals surface area contributed by atoms with Crippen molar-refractivity contribution in [1.29, 1.82) is 0 Å². The Balaban J connectivity index is 1.51. The molecule has 2 fully saturated rings. The molecule has 6 atom stereocenters. The summed E-state index contributed by atoms with van der Waals surface area (Å²) in [5.74, 6) is -0.291. The molecule has 2 aliphatic rings. The Morgan fingerprint density at radius 1 is 1.05 bits per heavy atom. The lowest BCUT2D eigenvalue weighted by molar-refractivity contribution is -0.168. The van der Waals surface area contributed by atoms with Crippen molar-refractivity contribution >= 4 is 24.1 Å². The Morgan fingerprint density at radius 3 is 2.63 bits per heavy atom. The normalized spacial score (nSPS) is 26.7. The maximum Gasteiger partial charge on any atom is 0.407 e. The van der Waals surface area contributed by atoms with Crippen molar-refractivity contribution in [2.24, 2.45) is 5.92 Å². The fourth-order valence-electron chi connectivity index (χ4n) is 5.88. The van der Waals surface area contributed by atoms with Gasteiger partial charge in [0.2, 0.25) is 0 Å². The van der Waals surface area contributed by atoms with Gasteiger partial charge in [-0.15, -0.1) is 0 Å². The Kier molecular flexibility index (Phi) is 14.8. The molecule has 0 spiro atoms. The van der Waals surface area contributed by atoms with Gasteiger partial charge in [-0.05, 0) is 49.1 Å². The summed E-state index contributed by atoms with van der Waals surface area (Å²) in [7, 11) is 3.05. The van der Waals surface area contributed by atoms with Crippen LogP contribution in [0.4, 0.5) is 4.79 Å². The Bertz CT molecular complexity index is 1090. The highest BCUT2D eigenvalue weighted by Gasteiger charge is 2.35. The maximum atomic E-state index is 12.8. The van der Waals surface area contributed by atoms with E-state index < -0.39 is 6.09 Å². The van der Waals surface area contributed by atoms with Crippen LogP contribution in [-0.2, 0) is 39.7 Å². The van der Waals surface area contributed by atoms with Gasteiger partial charge in [-0.25, -0.2) is 9.59 Å². The highest BCUT2D eigenvalue weighted by molar-refractivity contribution is 5.82. The summed E-state index contributed by atoms with van der Waals surface area (Å²) < 4.78 is 28.3. The lowest BCUT2D eigenvalue weighted by atomic mass is 9.89. The Hall–Kier alpha value is -3.17. The van der Waals surface area contributed by atoms with Crippen LogP contribution in [0.2, 0.25) is 0 Å². The number of cyclic esters (lactones) is 1. The molecule has 0 unspecified atom stereocenters. The van der Waals surface area contributed by atoms with Crippen LogP contribution in [-0.4, -0.2) is 69.3 Å². The number of carbonyl (C=O) groups is 3. The van der Waals surface area contributed by atoms with E-state index in [1.165, 1.54) is 13.2 Å². The predicted octanol–water partition coefficient (Wildman–Crippen LogP) is 5.94. The molecule has 3 rings (SSSR count). The topological polar surface area (TPSA) is 109 Å². The van der Waals surface area contributed by atoms with Crippen molar-refractivity contribution < 1.29 is 38.1 Å². The van der Waals surface area contributed by atoms with Gasteiger partial charge in [-0.1, -0.05) is 62.8 Å². The Morgan fingerprint density at radius 2 is 1.86 bits per heavy atom. The number of alkyl carbamates (subject to hydrolysis) is 1. The van der Waals surface area contributed by atoms with Crippen LogP contribution < -0.4 is 5.32 Å². The molecule has 2 saturated heterocycles. The standard InChI is InChI=1S/C34H49NO8/c1-5-10-27-20-28(39-3)17-24(2)18-29-21-30(22-31(41-29)23-33(37)42-27)43-32(36)15-7-6-11-25-12-8-13-26(19-25)14-9-16-35-34(38)40-4/h7-9,12-15,19,24,27-31H,5-6,10-11,16-18,20-23H2,1-4H3,(H,35,38)/b14-9-,15-7-/t24-,27-,28-,29-,30+,31-/m0/s1. The molecule has 9 nitrogen and oxygen atoms in total. The second-order valence-electron chi connectivity index (χ2n) is 11.6. The molecule has 0 saturated carbocycles. The molecule has 0 aliphatic carbocycles. The van der Waals surface area contributed by atoms with Crippen molar-refractivity contribution in [3.63, 3.8) is 0 Å². The molecule has 1 aromatic carbocycles. The molecule has 1 aromatic rings. The maximum absolute atomic E-state index is 12.8. The fraction of sp³-hybridized carbons (Fsp3) is 0.618. The highest BCUT2D eigenvalue weighted by atomic mass is 16.6. The molecule has 1 amide bonds. The summed E-state index contributed by atoms with van der Waals surface area (Å²) in [5, 5.41) is 2.61. The van der Waals surface area contributed by atoms with Gasteiger partial charge in [0.15, 0.2) is 0 Å². The molecule has 0 radical (unpaired) electrons. The van der Waals surface area contributed by atoms with Crippen LogP contribution in [0.3, 0.4) is 0 Å². The number of amides is 1. The highest BCUT2D eigenvalue weighted by Crippen LogP contribution is 2.31. The second kappa shape index (κ2) is 18.5. The van der Waals surface area contributed by atoms with Crippen molar-refractivity contribution in [1.82, 2.24) is 5.32 Å². The second-order valence-corrected chi connectivity index (χ2v) is 11.6. The van der Waals surface area contributed by atoms with E-state index in [0.29, 0.717) is 38.1 Å². The first-order chi connectivity index (χ1) is 20.8. The van der Waals surface area contributed by atoms with Gasteiger partial charge in [0, 0.05) is 39.0 Å². The molecule has 238 valence electrons. The number of hydrogen-bond acceptors (Lipinski definition) is 8. The van der Waals surface area contributed by atoms with Gasteiger partial charge in [0.05, 0.1) is 31.8 Å². The van der Waals surface area contributed by atoms with Gasteiger partial charge >= 0.3 is 18.0 Å². The summed E-state index contributed by atoms with van der Waals surface area (Å²) in [6.07, 6.45) is 12.6. The van der Waals surface area contributed by atoms with E-state index in [4.69, 9.17) is 18.9 Å². The first-order valence-corrected chi connectivity index (χ1v) is 15.6. The minimum absolute atomic E-state index is 0.0196. The summed E-state index contributed by atoms with van der Waals surface area (Å²) in [6, 6.07) is 8.10. The third-order valence-electron chi connectivity index (χ3n) is 7.88. The van der Waals surface area contributed by atoms with Gasteiger partial charge in [0.25, 0.3) is 0 Å². The van der Waals surface area contributed by atoms with Gasteiger partial charge in [0.1, 0.15) is 12.2 Å². The zero-order chi connectivity index (χ0) is 31.0. The molecular weight excluding hydrogens is 550 g/mol. The quantitative estimate of drug-likeness (QED) is 0.189. The number of hydrogen-bond donors (Lipinski definition) is 1. The molecule has 9 heteroatoms. The van der Waals surface area contributed by atoms with E-state index >= 15 is 0 Å². The van der Waals surface area contributed by atoms with E-state index in [0.717, 1.165) is 43.2 Å². The number of fused-ring (bicyclic) bond motifs is 2. The smallest absolute Gasteiger partial charge is 0.407 e. The minimum atomic E-state index is -0.466.